The van der Waals surface area contributed by atoms with Crippen molar-refractivity contribution in [3.05, 3.63) is 124 Å². The topological polar surface area (TPSA) is 98.8 Å². The Morgan fingerprint density at radius 3 is 1.69 bits per heavy atom. The van der Waals surface area contributed by atoms with E-state index < -0.39 is 5.97 Å². The van der Waals surface area contributed by atoms with Crippen molar-refractivity contribution in [2.24, 2.45) is 0 Å². The molecule has 6 heteroatoms. The van der Waals surface area contributed by atoms with Gasteiger partial charge in [0.05, 0.1) is 5.56 Å². The minimum atomic E-state index is -1.15. The van der Waals surface area contributed by atoms with E-state index in [1.54, 1.807) is 25.1 Å². The highest BCUT2D eigenvalue weighted by molar-refractivity contribution is 6.14. The zero-order valence-electron chi connectivity index (χ0n) is 19.2. The molecule has 0 bridgehead atoms. The molecule has 0 amide bonds. The average Bonchev–Trinajstić information content (AvgIpc) is 2.88. The zero-order chi connectivity index (χ0) is 24.8. The number of aromatic carboxylic acids is 1. The third-order valence-electron chi connectivity index (χ3n) is 5.68. The van der Waals surface area contributed by atoms with E-state index in [1.807, 2.05) is 60.7 Å². The van der Waals surface area contributed by atoms with Crippen molar-refractivity contribution in [3.63, 3.8) is 0 Å². The van der Waals surface area contributed by atoms with Crippen molar-refractivity contribution >= 4 is 17.4 Å². The summed E-state index contributed by atoms with van der Waals surface area (Å²) in [5, 5.41) is 9.38. The lowest BCUT2D eigenvalue weighted by Gasteiger charge is -2.17. The normalized spacial score (nSPS) is 10.5. The average molecular weight is 468 g/mol. The van der Waals surface area contributed by atoms with Crippen LogP contribution in [0.1, 0.15) is 43.0 Å². The number of ketones is 1. The number of hydrogen-bond donors (Lipinski definition) is 2. The first-order chi connectivity index (χ1) is 17.0. The highest BCUT2D eigenvalue weighted by Crippen LogP contribution is 2.34. The summed E-state index contributed by atoms with van der Waals surface area (Å²) in [6, 6.07) is 27.3. The van der Waals surface area contributed by atoms with E-state index in [4.69, 9.17) is 15.2 Å². The number of ether oxygens (including phenoxy) is 2. The highest BCUT2D eigenvalue weighted by Gasteiger charge is 2.24. The number of carbonyl (C=O) groups is 2. The van der Waals surface area contributed by atoms with Crippen LogP contribution in [0.5, 0.6) is 11.5 Å². The van der Waals surface area contributed by atoms with Gasteiger partial charge in [-0.3, -0.25) is 4.79 Å². The lowest BCUT2D eigenvalue weighted by atomic mass is 9.94. The lowest BCUT2D eigenvalue weighted by Crippen LogP contribution is -2.13. The summed E-state index contributed by atoms with van der Waals surface area (Å²) < 4.78 is 12.1. The van der Waals surface area contributed by atoms with E-state index >= 15 is 0 Å². The van der Waals surface area contributed by atoms with Crippen LogP contribution >= 0.6 is 0 Å². The molecule has 4 aromatic rings. The van der Waals surface area contributed by atoms with Gasteiger partial charge in [-0.05, 0) is 47.9 Å². The molecule has 0 aliphatic rings. The van der Waals surface area contributed by atoms with Crippen molar-refractivity contribution < 1.29 is 24.2 Å². The van der Waals surface area contributed by atoms with Crippen molar-refractivity contribution in [1.29, 1.82) is 0 Å². The van der Waals surface area contributed by atoms with Crippen LogP contribution in [0.3, 0.4) is 0 Å². The molecule has 0 fully saturated rings. The number of rotatable bonds is 9. The first-order valence-electron chi connectivity index (χ1n) is 11.1. The van der Waals surface area contributed by atoms with E-state index in [2.05, 4.69) is 0 Å². The fourth-order valence-electron chi connectivity index (χ4n) is 3.74. The number of carboxylic acids is 1. The van der Waals surface area contributed by atoms with Gasteiger partial charge in [-0.1, -0.05) is 66.7 Å². The quantitative estimate of drug-likeness (QED) is 0.243. The smallest absolute Gasteiger partial charge is 0.337 e. The number of nitrogen functional groups attached to an aromatic ring is 1. The van der Waals surface area contributed by atoms with Gasteiger partial charge in [0, 0.05) is 11.3 Å². The van der Waals surface area contributed by atoms with Crippen molar-refractivity contribution in [1.82, 2.24) is 0 Å². The van der Waals surface area contributed by atoms with E-state index in [-0.39, 0.29) is 41.4 Å². The van der Waals surface area contributed by atoms with Gasteiger partial charge in [0.1, 0.15) is 30.3 Å². The Kier molecular flexibility index (Phi) is 7.12. The summed E-state index contributed by atoms with van der Waals surface area (Å²) in [7, 11) is 0. The van der Waals surface area contributed by atoms with Gasteiger partial charge in [0.2, 0.25) is 5.78 Å². The molecular formula is C29H25NO5. The summed E-state index contributed by atoms with van der Waals surface area (Å²) in [5.41, 5.74) is 8.89. The number of anilines is 1. The molecule has 0 unspecified atom stereocenters. The van der Waals surface area contributed by atoms with Crippen LogP contribution in [-0.4, -0.2) is 16.9 Å². The Morgan fingerprint density at radius 1 is 0.714 bits per heavy atom. The second-order valence-electron chi connectivity index (χ2n) is 8.01. The molecule has 4 aromatic carbocycles. The molecule has 0 aliphatic heterocycles. The number of nitrogens with two attached hydrogens (primary N) is 1. The van der Waals surface area contributed by atoms with Gasteiger partial charge in [-0.25, -0.2) is 4.79 Å². The predicted octanol–water partition coefficient (Wildman–Crippen LogP) is 5.66. The maximum absolute atomic E-state index is 13.8. The second kappa shape index (κ2) is 10.6. The molecule has 6 nitrogen and oxygen atoms in total. The molecular weight excluding hydrogens is 442 g/mol. The second-order valence-corrected chi connectivity index (χ2v) is 8.01. The predicted molar refractivity (Wildman–Crippen MR) is 134 cm³/mol. The van der Waals surface area contributed by atoms with Crippen molar-refractivity contribution in [2.45, 2.75) is 20.1 Å². The van der Waals surface area contributed by atoms with Crippen LogP contribution < -0.4 is 15.2 Å². The van der Waals surface area contributed by atoms with Gasteiger partial charge in [-0.2, -0.15) is 0 Å². The van der Waals surface area contributed by atoms with Gasteiger partial charge in [0.25, 0.3) is 0 Å². The Morgan fingerprint density at radius 2 is 1.20 bits per heavy atom. The summed E-state index contributed by atoms with van der Waals surface area (Å²) in [4.78, 5) is 25.3. The molecule has 0 atom stereocenters. The maximum atomic E-state index is 13.8. The molecule has 3 N–H and O–H groups in total. The highest BCUT2D eigenvalue weighted by atomic mass is 16.5. The van der Waals surface area contributed by atoms with E-state index in [1.165, 1.54) is 12.1 Å². The van der Waals surface area contributed by atoms with E-state index in [0.29, 0.717) is 17.1 Å². The molecule has 0 saturated carbocycles. The SMILES string of the molecule is Cc1c(C(=O)c2c(OCc3ccccc3)cccc2OCc2ccccc2)ccc(C(=O)O)c1N. The molecule has 0 aliphatic carbocycles. The van der Waals surface area contributed by atoms with Gasteiger partial charge in [0.15, 0.2) is 0 Å². The Balaban J connectivity index is 1.73. The molecule has 0 radical (unpaired) electrons. The largest absolute Gasteiger partial charge is 0.488 e. The van der Waals surface area contributed by atoms with Crippen molar-refractivity contribution in [2.75, 3.05) is 5.73 Å². The number of carboxylic acid groups (broad SMARTS) is 1. The Bertz CT molecular complexity index is 1290. The Labute approximate surface area is 203 Å². The number of benzene rings is 4. The standard InChI is InChI=1S/C29H25NO5/c1-19-22(15-16-23(27(19)30)29(32)33)28(31)26-24(34-17-20-9-4-2-5-10-20)13-8-14-25(26)35-18-21-11-6-3-7-12-21/h2-16H,17-18,30H2,1H3,(H,32,33). The van der Waals surface area contributed by atoms with Gasteiger partial charge in [-0.15, -0.1) is 0 Å². The van der Waals surface area contributed by atoms with Crippen molar-refractivity contribution in [3.8, 4) is 11.5 Å². The minimum Gasteiger partial charge on any atom is -0.488 e. The van der Waals surface area contributed by atoms with Crippen LogP contribution in [0.15, 0.2) is 91.0 Å². The zero-order valence-corrected chi connectivity index (χ0v) is 19.2. The van der Waals surface area contributed by atoms with Gasteiger partial charge < -0.3 is 20.3 Å². The fourth-order valence-corrected chi connectivity index (χ4v) is 3.74. The first-order valence-corrected chi connectivity index (χ1v) is 11.1. The molecule has 176 valence electrons. The first kappa shape index (κ1) is 23.6. The molecule has 0 saturated heterocycles. The lowest BCUT2D eigenvalue weighted by molar-refractivity contribution is 0.0697. The molecule has 35 heavy (non-hydrogen) atoms. The van der Waals surface area contributed by atoms with E-state index in [9.17, 15) is 14.7 Å². The van der Waals surface area contributed by atoms with Crippen LogP contribution in [0.2, 0.25) is 0 Å². The maximum Gasteiger partial charge on any atom is 0.337 e. The third-order valence-corrected chi connectivity index (χ3v) is 5.68. The summed E-state index contributed by atoms with van der Waals surface area (Å²) >= 11 is 0. The van der Waals surface area contributed by atoms with Crippen LogP contribution in [-0.2, 0) is 13.2 Å². The minimum absolute atomic E-state index is 0.0480. The molecule has 0 heterocycles. The summed E-state index contributed by atoms with van der Waals surface area (Å²) in [6.45, 7) is 2.16. The van der Waals surface area contributed by atoms with Crippen LogP contribution in [0, 0.1) is 6.92 Å². The van der Waals surface area contributed by atoms with E-state index in [0.717, 1.165) is 11.1 Å². The number of hydrogen-bond acceptors (Lipinski definition) is 5. The molecule has 0 spiro atoms. The monoisotopic (exact) mass is 467 g/mol. The Hall–Kier alpha value is -4.58. The molecule has 0 aromatic heterocycles. The van der Waals surface area contributed by atoms with Crippen LogP contribution in [0.4, 0.5) is 5.69 Å². The van der Waals surface area contributed by atoms with Gasteiger partial charge >= 0.3 is 5.97 Å². The summed E-state index contributed by atoms with van der Waals surface area (Å²) in [6.07, 6.45) is 0. The molecule has 4 rings (SSSR count). The van der Waals surface area contributed by atoms with Crippen LogP contribution in [0.25, 0.3) is 0 Å². The third kappa shape index (κ3) is 5.33. The number of carbonyl (C=O) groups excluding carboxylic acids is 1. The summed E-state index contributed by atoms with van der Waals surface area (Å²) in [5.74, 6) is -0.782. The fraction of sp³-hybridized carbons (Fsp3) is 0.103.